The Hall–Kier alpha value is -1.43. The van der Waals surface area contributed by atoms with E-state index in [0.29, 0.717) is 5.56 Å². The average molecular weight is 245 g/mol. The smallest absolute Gasteiger partial charge is 0.234 e. The summed E-state index contributed by atoms with van der Waals surface area (Å²) in [4.78, 5) is 10.9. The SMILES string of the molecule is CNC(=O)CS(=O)(=O)Cc1ccc(F)cc1. The van der Waals surface area contributed by atoms with Crippen LogP contribution in [0, 0.1) is 5.82 Å². The highest BCUT2D eigenvalue weighted by Crippen LogP contribution is 2.08. The molecule has 0 saturated heterocycles. The zero-order chi connectivity index (χ0) is 12.2. The van der Waals surface area contributed by atoms with Crippen molar-refractivity contribution in [1.29, 1.82) is 0 Å². The summed E-state index contributed by atoms with van der Waals surface area (Å²) in [5, 5.41) is 2.24. The summed E-state index contributed by atoms with van der Waals surface area (Å²) in [6, 6.07) is 5.14. The lowest BCUT2D eigenvalue weighted by molar-refractivity contribution is -0.118. The third-order valence-corrected chi connectivity index (χ3v) is 3.40. The van der Waals surface area contributed by atoms with Crippen LogP contribution in [0.15, 0.2) is 24.3 Å². The molecule has 0 aliphatic carbocycles. The van der Waals surface area contributed by atoms with Crippen LogP contribution in [0.25, 0.3) is 0 Å². The van der Waals surface area contributed by atoms with Gasteiger partial charge in [-0.1, -0.05) is 12.1 Å². The Balaban J connectivity index is 2.73. The van der Waals surface area contributed by atoms with Crippen LogP contribution in [-0.4, -0.2) is 27.1 Å². The highest BCUT2D eigenvalue weighted by Gasteiger charge is 2.16. The number of hydrogen-bond donors (Lipinski definition) is 1. The standard InChI is InChI=1S/C10H12FNO3S/c1-12-10(13)7-16(14,15)6-8-2-4-9(11)5-3-8/h2-5H,6-7H2,1H3,(H,12,13). The van der Waals surface area contributed by atoms with Crippen molar-refractivity contribution in [1.82, 2.24) is 5.32 Å². The summed E-state index contributed by atoms with van der Waals surface area (Å²) >= 11 is 0. The molecule has 1 rings (SSSR count). The molecule has 0 saturated carbocycles. The van der Waals surface area contributed by atoms with E-state index in [4.69, 9.17) is 0 Å². The molecular weight excluding hydrogens is 233 g/mol. The van der Waals surface area contributed by atoms with Gasteiger partial charge in [-0.25, -0.2) is 12.8 Å². The minimum absolute atomic E-state index is 0.263. The molecule has 0 unspecified atom stereocenters. The molecule has 0 atom stereocenters. The van der Waals surface area contributed by atoms with Gasteiger partial charge in [0.25, 0.3) is 0 Å². The van der Waals surface area contributed by atoms with E-state index in [1.807, 2.05) is 0 Å². The van der Waals surface area contributed by atoms with Gasteiger partial charge in [0.2, 0.25) is 5.91 Å². The Bertz CT molecular complexity index is 467. The van der Waals surface area contributed by atoms with Gasteiger partial charge in [0.05, 0.1) is 5.75 Å². The number of hydrogen-bond acceptors (Lipinski definition) is 3. The summed E-state index contributed by atoms with van der Waals surface area (Å²) in [7, 11) is -2.12. The fraction of sp³-hybridized carbons (Fsp3) is 0.300. The predicted molar refractivity (Wildman–Crippen MR) is 58.0 cm³/mol. The van der Waals surface area contributed by atoms with Gasteiger partial charge in [-0.2, -0.15) is 0 Å². The van der Waals surface area contributed by atoms with Crippen molar-refractivity contribution in [2.45, 2.75) is 5.75 Å². The van der Waals surface area contributed by atoms with Gasteiger partial charge in [0.1, 0.15) is 11.6 Å². The van der Waals surface area contributed by atoms with Gasteiger partial charge in [-0.05, 0) is 17.7 Å². The van der Waals surface area contributed by atoms with Gasteiger partial charge < -0.3 is 5.32 Å². The molecule has 0 spiro atoms. The van der Waals surface area contributed by atoms with E-state index >= 15 is 0 Å². The van der Waals surface area contributed by atoms with Crippen molar-refractivity contribution in [2.24, 2.45) is 0 Å². The summed E-state index contributed by atoms with van der Waals surface area (Å²) in [6.45, 7) is 0. The summed E-state index contributed by atoms with van der Waals surface area (Å²) < 4.78 is 35.6. The molecule has 4 nitrogen and oxygen atoms in total. The van der Waals surface area contributed by atoms with Gasteiger partial charge >= 0.3 is 0 Å². The Labute approximate surface area is 93.4 Å². The zero-order valence-electron chi connectivity index (χ0n) is 8.73. The van der Waals surface area contributed by atoms with Crippen LogP contribution in [0.2, 0.25) is 0 Å². The molecule has 1 amide bonds. The Morgan fingerprint density at radius 3 is 2.38 bits per heavy atom. The quantitative estimate of drug-likeness (QED) is 0.839. The monoisotopic (exact) mass is 245 g/mol. The van der Waals surface area contributed by atoms with Crippen LogP contribution >= 0.6 is 0 Å². The molecule has 0 radical (unpaired) electrons. The number of carbonyl (C=O) groups is 1. The number of rotatable bonds is 4. The number of halogens is 1. The van der Waals surface area contributed by atoms with Crippen LogP contribution in [-0.2, 0) is 20.4 Å². The van der Waals surface area contributed by atoms with Gasteiger partial charge in [-0.3, -0.25) is 4.79 Å². The largest absolute Gasteiger partial charge is 0.358 e. The first-order chi connectivity index (χ1) is 7.43. The lowest BCUT2D eigenvalue weighted by Gasteiger charge is -2.03. The Morgan fingerprint density at radius 1 is 1.31 bits per heavy atom. The average Bonchev–Trinajstić information content (AvgIpc) is 2.20. The number of benzene rings is 1. The van der Waals surface area contributed by atoms with Gasteiger partial charge in [0, 0.05) is 7.05 Å². The minimum atomic E-state index is -3.49. The fourth-order valence-electron chi connectivity index (χ4n) is 1.16. The minimum Gasteiger partial charge on any atom is -0.358 e. The normalized spacial score (nSPS) is 11.1. The third-order valence-electron chi connectivity index (χ3n) is 1.93. The van der Waals surface area contributed by atoms with Crippen molar-refractivity contribution in [3.63, 3.8) is 0 Å². The Kier molecular flexibility index (Phi) is 4.00. The molecule has 88 valence electrons. The van der Waals surface area contributed by atoms with E-state index in [1.165, 1.54) is 31.3 Å². The summed E-state index contributed by atoms with van der Waals surface area (Å²) in [5.74, 6) is -1.80. The second-order valence-electron chi connectivity index (χ2n) is 3.33. The van der Waals surface area contributed by atoms with Crippen LogP contribution in [0.3, 0.4) is 0 Å². The first-order valence-electron chi connectivity index (χ1n) is 4.58. The van der Waals surface area contributed by atoms with E-state index in [1.54, 1.807) is 0 Å². The lowest BCUT2D eigenvalue weighted by atomic mass is 10.2. The maximum atomic E-state index is 12.6. The maximum absolute atomic E-state index is 12.6. The van der Waals surface area contributed by atoms with Crippen LogP contribution < -0.4 is 5.32 Å². The molecule has 1 aromatic rings. The van der Waals surface area contributed by atoms with Crippen molar-refractivity contribution in [3.05, 3.63) is 35.6 Å². The molecular formula is C10H12FNO3S. The second-order valence-corrected chi connectivity index (χ2v) is 5.40. The first kappa shape index (κ1) is 12.6. The molecule has 6 heteroatoms. The van der Waals surface area contributed by atoms with E-state index in [-0.39, 0.29) is 5.75 Å². The van der Waals surface area contributed by atoms with E-state index in [0.717, 1.165) is 0 Å². The maximum Gasteiger partial charge on any atom is 0.234 e. The summed E-state index contributed by atoms with van der Waals surface area (Å²) in [5.41, 5.74) is 0.463. The van der Waals surface area contributed by atoms with E-state index < -0.39 is 27.3 Å². The fourth-order valence-corrected chi connectivity index (χ4v) is 2.50. The van der Waals surface area contributed by atoms with Crippen LogP contribution in [0.1, 0.15) is 5.56 Å². The molecule has 0 aliphatic rings. The molecule has 0 aromatic heterocycles. The Morgan fingerprint density at radius 2 is 1.88 bits per heavy atom. The number of nitrogens with one attached hydrogen (secondary N) is 1. The zero-order valence-corrected chi connectivity index (χ0v) is 9.55. The summed E-state index contributed by atoms with van der Waals surface area (Å²) in [6.07, 6.45) is 0. The number of amides is 1. The van der Waals surface area contributed by atoms with Crippen molar-refractivity contribution in [3.8, 4) is 0 Å². The topological polar surface area (TPSA) is 63.2 Å². The number of carbonyl (C=O) groups excluding carboxylic acids is 1. The molecule has 1 N–H and O–H groups in total. The molecule has 0 fully saturated rings. The third kappa shape index (κ3) is 3.98. The van der Waals surface area contributed by atoms with Gasteiger partial charge in [-0.15, -0.1) is 0 Å². The first-order valence-corrected chi connectivity index (χ1v) is 6.40. The predicted octanol–water partition coefficient (Wildman–Crippen LogP) is 0.486. The highest BCUT2D eigenvalue weighted by molar-refractivity contribution is 7.91. The van der Waals surface area contributed by atoms with Crippen LogP contribution in [0.5, 0.6) is 0 Å². The van der Waals surface area contributed by atoms with E-state index in [2.05, 4.69) is 5.32 Å². The van der Waals surface area contributed by atoms with Crippen molar-refractivity contribution < 1.29 is 17.6 Å². The molecule has 16 heavy (non-hydrogen) atoms. The molecule has 0 heterocycles. The van der Waals surface area contributed by atoms with Gasteiger partial charge in [0.15, 0.2) is 9.84 Å². The molecule has 0 aliphatic heterocycles. The second kappa shape index (κ2) is 5.07. The van der Waals surface area contributed by atoms with Crippen LogP contribution in [0.4, 0.5) is 4.39 Å². The lowest BCUT2D eigenvalue weighted by Crippen LogP contribution is -2.27. The highest BCUT2D eigenvalue weighted by atomic mass is 32.2. The van der Waals surface area contributed by atoms with Crippen molar-refractivity contribution in [2.75, 3.05) is 12.8 Å². The number of sulfone groups is 1. The molecule has 0 bridgehead atoms. The van der Waals surface area contributed by atoms with E-state index in [9.17, 15) is 17.6 Å². The van der Waals surface area contributed by atoms with Crippen molar-refractivity contribution >= 4 is 15.7 Å². The molecule has 1 aromatic carbocycles.